The van der Waals surface area contributed by atoms with Crippen LogP contribution in [0.4, 0.5) is 0 Å². The highest BCUT2D eigenvalue weighted by molar-refractivity contribution is 14.1. The molecule has 0 aliphatic rings. The molecular formula is C13H5Br3I2O5S. The van der Waals surface area contributed by atoms with E-state index in [9.17, 15) is 17.8 Å². The van der Waals surface area contributed by atoms with E-state index in [2.05, 4.69) is 47.8 Å². The molecule has 0 aromatic heterocycles. The summed E-state index contributed by atoms with van der Waals surface area (Å²) in [6.07, 6.45) is 0. The van der Waals surface area contributed by atoms with Gasteiger partial charge in [-0.1, -0.05) is 15.9 Å². The van der Waals surface area contributed by atoms with Gasteiger partial charge in [0, 0.05) is 20.6 Å². The van der Waals surface area contributed by atoms with Crippen LogP contribution >= 0.6 is 93.0 Å². The number of benzene rings is 2. The van der Waals surface area contributed by atoms with Crippen LogP contribution in [0.25, 0.3) is 0 Å². The molecule has 0 bridgehead atoms. The van der Waals surface area contributed by atoms with Gasteiger partial charge in [0.25, 0.3) is 10.1 Å². The molecule has 2 rings (SSSR count). The van der Waals surface area contributed by atoms with Crippen LogP contribution in [-0.2, 0) is 10.1 Å². The molecule has 0 saturated heterocycles. The third-order valence-corrected chi connectivity index (χ3v) is 8.51. The average molecular weight is 767 g/mol. The van der Waals surface area contributed by atoms with Gasteiger partial charge in [0.05, 0.1) is 5.56 Å². The summed E-state index contributed by atoms with van der Waals surface area (Å²) < 4.78 is 39.7. The van der Waals surface area contributed by atoms with Gasteiger partial charge in [-0.25, -0.2) is 4.79 Å². The second-order valence-electron chi connectivity index (χ2n) is 4.33. The normalized spacial score (nSPS) is 11.4. The van der Waals surface area contributed by atoms with Crippen LogP contribution in [0.2, 0.25) is 0 Å². The maximum atomic E-state index is 12.4. The molecular weight excluding hydrogens is 762 g/mol. The van der Waals surface area contributed by atoms with Crippen LogP contribution < -0.4 is 4.74 Å². The Hall–Kier alpha value is 0.720. The topological polar surface area (TPSA) is 80.7 Å². The fourth-order valence-electron chi connectivity index (χ4n) is 1.71. The van der Waals surface area contributed by atoms with Crippen molar-refractivity contribution >= 4 is 109 Å². The van der Waals surface area contributed by atoms with Crippen molar-refractivity contribution < 1.29 is 22.5 Å². The zero-order valence-electron chi connectivity index (χ0n) is 11.2. The predicted octanol–water partition coefficient (Wildman–Crippen LogP) is 5.65. The van der Waals surface area contributed by atoms with E-state index in [1.54, 1.807) is 57.3 Å². The Bertz CT molecular complexity index is 924. The number of esters is 1. The molecule has 2 aromatic carbocycles. The van der Waals surface area contributed by atoms with Crippen LogP contribution in [0.15, 0.2) is 42.6 Å². The molecule has 0 atom stereocenters. The second kappa shape index (κ2) is 8.17. The quantitative estimate of drug-likeness (QED) is 0.144. The first-order chi connectivity index (χ1) is 11.0. The van der Waals surface area contributed by atoms with Crippen molar-refractivity contribution in [2.75, 3.05) is 0 Å². The van der Waals surface area contributed by atoms with Crippen LogP contribution in [0, 0.1) is 7.14 Å². The van der Waals surface area contributed by atoms with Gasteiger partial charge in [-0.05, 0) is 101 Å². The Balaban J connectivity index is 2.41. The molecule has 0 amide bonds. The first kappa shape index (κ1) is 21.0. The van der Waals surface area contributed by atoms with Gasteiger partial charge in [-0.2, -0.15) is 8.42 Å². The van der Waals surface area contributed by atoms with Gasteiger partial charge in [-0.3, -0.25) is 4.55 Å². The van der Waals surface area contributed by atoms with Crippen molar-refractivity contribution in [2.24, 2.45) is 0 Å². The van der Waals surface area contributed by atoms with Gasteiger partial charge in [0.2, 0.25) is 0 Å². The lowest BCUT2D eigenvalue weighted by Crippen LogP contribution is -2.11. The minimum absolute atomic E-state index is 0.171. The zero-order valence-corrected chi connectivity index (χ0v) is 21.1. The second-order valence-corrected chi connectivity index (χ2v) is 10.6. The Labute approximate surface area is 190 Å². The molecule has 24 heavy (non-hydrogen) atoms. The molecule has 0 heterocycles. The highest BCUT2D eigenvalue weighted by atomic mass is 127. The van der Waals surface area contributed by atoms with Crippen molar-refractivity contribution in [2.45, 2.75) is 4.90 Å². The summed E-state index contributed by atoms with van der Waals surface area (Å²) in [4.78, 5) is 12.2. The third kappa shape index (κ3) is 4.91. The standard InChI is InChI=1S/C13H5Br3I2O5S/c14-5-1-7(11(16)8(15)2-5)13(19)23-6-3-9(17)12(10(18)4-6)24(20,21)22/h1-4H,(H,20,21,22). The van der Waals surface area contributed by atoms with E-state index >= 15 is 0 Å². The fourth-order valence-corrected chi connectivity index (χ4v) is 7.32. The summed E-state index contributed by atoms with van der Waals surface area (Å²) in [6.45, 7) is 0. The van der Waals surface area contributed by atoms with Gasteiger partial charge < -0.3 is 4.74 Å². The molecule has 1 N–H and O–H groups in total. The SMILES string of the molecule is O=C(Oc1cc(I)c(S(=O)(=O)O)c(I)c1)c1cc(Br)cc(Br)c1Br. The van der Waals surface area contributed by atoms with E-state index in [0.717, 1.165) is 0 Å². The number of ether oxygens (including phenoxy) is 1. The first-order valence-electron chi connectivity index (χ1n) is 5.84. The smallest absolute Gasteiger partial charge is 0.344 e. The Morgan fingerprint density at radius 1 is 1.04 bits per heavy atom. The van der Waals surface area contributed by atoms with E-state index in [1.807, 2.05) is 0 Å². The molecule has 128 valence electrons. The fraction of sp³-hybridized carbons (Fsp3) is 0. The lowest BCUT2D eigenvalue weighted by molar-refractivity contribution is 0.0733. The number of rotatable bonds is 3. The Morgan fingerprint density at radius 3 is 2.08 bits per heavy atom. The van der Waals surface area contributed by atoms with E-state index < -0.39 is 16.1 Å². The first-order valence-corrected chi connectivity index (χ1v) is 11.8. The number of hydrogen-bond acceptors (Lipinski definition) is 4. The minimum Gasteiger partial charge on any atom is -0.423 e. The van der Waals surface area contributed by atoms with Crippen LogP contribution in [0.1, 0.15) is 10.4 Å². The number of halogens is 5. The molecule has 0 aliphatic carbocycles. The van der Waals surface area contributed by atoms with E-state index in [-0.39, 0.29) is 17.8 Å². The zero-order chi connectivity index (χ0) is 18.2. The van der Waals surface area contributed by atoms with Crippen LogP contribution in [0.3, 0.4) is 0 Å². The maximum absolute atomic E-state index is 12.4. The summed E-state index contributed by atoms with van der Waals surface area (Å²) in [5, 5.41) is 0. The molecule has 0 fully saturated rings. The van der Waals surface area contributed by atoms with Crippen LogP contribution in [0.5, 0.6) is 5.75 Å². The highest BCUT2D eigenvalue weighted by Gasteiger charge is 2.22. The van der Waals surface area contributed by atoms with E-state index in [1.165, 1.54) is 12.1 Å². The van der Waals surface area contributed by atoms with Gasteiger partial charge in [0.1, 0.15) is 10.6 Å². The maximum Gasteiger partial charge on any atom is 0.344 e. The minimum atomic E-state index is -4.35. The molecule has 0 spiro atoms. The van der Waals surface area contributed by atoms with Gasteiger partial charge in [-0.15, -0.1) is 0 Å². The largest absolute Gasteiger partial charge is 0.423 e. The van der Waals surface area contributed by atoms with Gasteiger partial charge in [0.15, 0.2) is 0 Å². The summed E-state index contributed by atoms with van der Waals surface area (Å²) >= 11 is 13.4. The monoisotopic (exact) mass is 764 g/mol. The summed E-state index contributed by atoms with van der Waals surface area (Å²) in [6, 6.07) is 6.10. The number of carbonyl (C=O) groups is 1. The molecule has 11 heteroatoms. The number of carbonyl (C=O) groups excluding carboxylic acids is 1. The van der Waals surface area contributed by atoms with Crippen LogP contribution in [-0.4, -0.2) is 18.9 Å². The molecule has 0 unspecified atom stereocenters. The lowest BCUT2D eigenvalue weighted by Gasteiger charge is -2.10. The molecule has 0 saturated carbocycles. The van der Waals surface area contributed by atoms with E-state index in [4.69, 9.17) is 4.74 Å². The molecule has 2 aromatic rings. The third-order valence-electron chi connectivity index (χ3n) is 2.65. The lowest BCUT2D eigenvalue weighted by atomic mass is 10.2. The van der Waals surface area contributed by atoms with Gasteiger partial charge >= 0.3 is 5.97 Å². The Morgan fingerprint density at radius 2 is 1.58 bits per heavy atom. The summed E-state index contributed by atoms with van der Waals surface area (Å²) in [5.41, 5.74) is 0.292. The summed E-state index contributed by atoms with van der Waals surface area (Å²) in [5.74, 6) is -0.445. The number of hydrogen-bond donors (Lipinski definition) is 1. The molecule has 0 aliphatic heterocycles. The highest BCUT2D eigenvalue weighted by Crippen LogP contribution is 2.33. The average Bonchev–Trinajstić information content (AvgIpc) is 2.40. The van der Waals surface area contributed by atoms with Crippen molar-refractivity contribution in [3.05, 3.63) is 50.4 Å². The predicted molar refractivity (Wildman–Crippen MR) is 116 cm³/mol. The van der Waals surface area contributed by atoms with Crippen molar-refractivity contribution in [1.82, 2.24) is 0 Å². The summed E-state index contributed by atoms with van der Waals surface area (Å²) in [7, 11) is -4.35. The Kier molecular flexibility index (Phi) is 7.15. The van der Waals surface area contributed by atoms with Crippen molar-refractivity contribution in [1.29, 1.82) is 0 Å². The molecule has 5 nitrogen and oxygen atoms in total. The van der Waals surface area contributed by atoms with E-state index in [0.29, 0.717) is 19.0 Å². The molecule has 0 radical (unpaired) electrons. The van der Waals surface area contributed by atoms with Crippen molar-refractivity contribution in [3.63, 3.8) is 0 Å². The van der Waals surface area contributed by atoms with Crippen molar-refractivity contribution in [3.8, 4) is 5.75 Å².